The lowest BCUT2D eigenvalue weighted by Gasteiger charge is -2.22. The second-order valence-corrected chi connectivity index (χ2v) is 7.02. The Hall–Kier alpha value is -2.05. The van der Waals surface area contributed by atoms with E-state index in [4.69, 9.17) is 0 Å². The van der Waals surface area contributed by atoms with Crippen LogP contribution in [-0.4, -0.2) is 16.1 Å². The van der Waals surface area contributed by atoms with Gasteiger partial charge in [0.2, 0.25) is 0 Å². The van der Waals surface area contributed by atoms with E-state index in [1.54, 1.807) is 6.20 Å². The number of benzene rings is 1. The van der Waals surface area contributed by atoms with Gasteiger partial charge in [0.15, 0.2) is 0 Å². The molecule has 0 aliphatic heterocycles. The maximum atomic E-state index is 14.2. The summed E-state index contributed by atoms with van der Waals surface area (Å²) in [5.74, 6) is -1.15. The third-order valence-electron chi connectivity index (χ3n) is 4.08. The largest absolute Gasteiger partial charge is 0.573 e. The van der Waals surface area contributed by atoms with Crippen molar-refractivity contribution in [2.24, 2.45) is 0 Å². The molecular formula is C17H18F4N2O. The summed E-state index contributed by atoms with van der Waals surface area (Å²) < 4.78 is 56.4. The Labute approximate surface area is 137 Å². The Morgan fingerprint density at radius 3 is 2.42 bits per heavy atom. The van der Waals surface area contributed by atoms with Crippen molar-refractivity contribution in [2.75, 3.05) is 0 Å². The number of halogens is 4. The van der Waals surface area contributed by atoms with E-state index in [-0.39, 0.29) is 17.4 Å². The number of aromatic nitrogens is 2. The average Bonchev–Trinajstić information content (AvgIpc) is 3.02. The fraction of sp³-hybridized carbons (Fsp3) is 0.471. The first-order valence-electron chi connectivity index (χ1n) is 7.66. The highest BCUT2D eigenvalue weighted by molar-refractivity contribution is 5.38. The topological polar surface area (TPSA) is 27.1 Å². The van der Waals surface area contributed by atoms with E-state index < -0.39 is 17.9 Å². The minimum atomic E-state index is -4.82. The number of ether oxygens (including phenoxy) is 1. The summed E-state index contributed by atoms with van der Waals surface area (Å²) in [4.78, 5) is 0. The molecule has 130 valence electrons. The molecular weight excluding hydrogens is 324 g/mol. The Bertz CT molecular complexity index is 746. The fourth-order valence-electron chi connectivity index (χ4n) is 3.03. The number of alkyl halides is 3. The monoisotopic (exact) mass is 342 g/mol. The zero-order valence-corrected chi connectivity index (χ0v) is 13.6. The van der Waals surface area contributed by atoms with Gasteiger partial charge in [0.25, 0.3) is 0 Å². The van der Waals surface area contributed by atoms with Crippen LogP contribution in [0.15, 0.2) is 30.5 Å². The molecule has 2 unspecified atom stereocenters. The zero-order chi connectivity index (χ0) is 17.7. The summed E-state index contributed by atoms with van der Waals surface area (Å²) in [6, 6.07) is 5.23. The summed E-state index contributed by atoms with van der Waals surface area (Å²) in [5.41, 5.74) is 1.24. The van der Waals surface area contributed by atoms with Crippen LogP contribution in [0.4, 0.5) is 17.6 Å². The van der Waals surface area contributed by atoms with Gasteiger partial charge in [-0.2, -0.15) is 5.10 Å². The lowest BCUT2D eigenvalue weighted by atomic mass is 10.1. The van der Waals surface area contributed by atoms with Gasteiger partial charge in [0.05, 0.1) is 5.54 Å². The third kappa shape index (κ3) is 3.39. The highest BCUT2D eigenvalue weighted by atomic mass is 19.4. The van der Waals surface area contributed by atoms with Crippen LogP contribution in [0, 0.1) is 5.82 Å². The Morgan fingerprint density at radius 1 is 1.12 bits per heavy atom. The summed E-state index contributed by atoms with van der Waals surface area (Å²) in [6.45, 7) is 6.10. The lowest BCUT2D eigenvalue weighted by Crippen LogP contribution is -2.25. The minimum absolute atomic E-state index is 0.0530. The SMILES string of the molecule is CC(C)(C)n1nccc1C1CC1c1ccc(OC(F)(F)F)cc1F. The first kappa shape index (κ1) is 16.8. The molecule has 1 aromatic heterocycles. The van der Waals surface area contributed by atoms with Crippen molar-refractivity contribution >= 4 is 0 Å². The van der Waals surface area contributed by atoms with Gasteiger partial charge in [-0.3, -0.25) is 4.68 Å². The molecule has 1 saturated carbocycles. The number of nitrogens with zero attached hydrogens (tertiary/aromatic N) is 2. The minimum Gasteiger partial charge on any atom is -0.406 e. The van der Waals surface area contributed by atoms with Gasteiger partial charge in [-0.25, -0.2) is 4.39 Å². The normalized spacial score (nSPS) is 21.0. The molecule has 0 saturated heterocycles. The van der Waals surface area contributed by atoms with Gasteiger partial charge >= 0.3 is 6.36 Å². The van der Waals surface area contributed by atoms with Gasteiger partial charge < -0.3 is 4.74 Å². The fourth-order valence-corrected chi connectivity index (χ4v) is 3.03. The maximum absolute atomic E-state index is 14.2. The Balaban J connectivity index is 1.80. The molecule has 1 aromatic carbocycles. The summed E-state index contributed by atoms with van der Waals surface area (Å²) in [6.07, 6.45) is -2.36. The quantitative estimate of drug-likeness (QED) is 0.738. The zero-order valence-electron chi connectivity index (χ0n) is 13.6. The van der Waals surface area contributed by atoms with Gasteiger partial charge in [-0.15, -0.1) is 13.2 Å². The molecule has 3 rings (SSSR count). The van der Waals surface area contributed by atoms with Crippen molar-refractivity contribution in [3.63, 3.8) is 0 Å². The van der Waals surface area contributed by atoms with E-state index in [9.17, 15) is 17.6 Å². The van der Waals surface area contributed by atoms with Crippen molar-refractivity contribution in [1.29, 1.82) is 0 Å². The van der Waals surface area contributed by atoms with Crippen molar-refractivity contribution in [3.05, 3.63) is 47.5 Å². The van der Waals surface area contributed by atoms with Crippen molar-refractivity contribution in [3.8, 4) is 5.75 Å². The predicted molar refractivity (Wildman–Crippen MR) is 80.4 cm³/mol. The van der Waals surface area contributed by atoms with Crippen LogP contribution in [0.5, 0.6) is 5.75 Å². The molecule has 1 aliphatic rings. The van der Waals surface area contributed by atoms with E-state index in [0.29, 0.717) is 5.56 Å². The van der Waals surface area contributed by atoms with Crippen LogP contribution >= 0.6 is 0 Å². The Morgan fingerprint density at radius 2 is 1.83 bits per heavy atom. The molecule has 0 radical (unpaired) electrons. The van der Waals surface area contributed by atoms with Crippen LogP contribution in [0.2, 0.25) is 0 Å². The van der Waals surface area contributed by atoms with Crippen LogP contribution in [-0.2, 0) is 5.54 Å². The molecule has 7 heteroatoms. The van der Waals surface area contributed by atoms with E-state index in [1.165, 1.54) is 6.07 Å². The second-order valence-electron chi connectivity index (χ2n) is 7.02. The molecule has 0 bridgehead atoms. The molecule has 0 spiro atoms. The number of hydrogen-bond donors (Lipinski definition) is 0. The van der Waals surface area contributed by atoms with Gasteiger partial charge in [-0.05, 0) is 50.8 Å². The summed E-state index contributed by atoms with van der Waals surface area (Å²) >= 11 is 0. The molecule has 0 N–H and O–H groups in total. The highest BCUT2D eigenvalue weighted by Gasteiger charge is 2.44. The van der Waals surface area contributed by atoms with Crippen molar-refractivity contribution in [1.82, 2.24) is 9.78 Å². The molecule has 2 atom stereocenters. The molecule has 0 amide bonds. The first-order chi connectivity index (χ1) is 11.1. The van der Waals surface area contributed by atoms with Gasteiger partial charge in [0.1, 0.15) is 11.6 Å². The van der Waals surface area contributed by atoms with Crippen LogP contribution < -0.4 is 4.74 Å². The molecule has 1 fully saturated rings. The first-order valence-corrected chi connectivity index (χ1v) is 7.66. The Kier molecular flexibility index (Phi) is 3.85. The van der Waals surface area contributed by atoms with E-state index >= 15 is 0 Å². The smallest absolute Gasteiger partial charge is 0.406 e. The standard InChI is InChI=1S/C17H18F4N2O/c1-16(2,3)23-15(6-7-22-23)13-9-12(13)11-5-4-10(8-14(11)18)24-17(19,20)21/h4-8,12-13H,9H2,1-3H3. The highest BCUT2D eigenvalue weighted by Crippen LogP contribution is 2.55. The average molecular weight is 342 g/mol. The van der Waals surface area contributed by atoms with Gasteiger partial charge in [-0.1, -0.05) is 6.07 Å². The van der Waals surface area contributed by atoms with Crippen LogP contribution in [0.3, 0.4) is 0 Å². The number of hydrogen-bond acceptors (Lipinski definition) is 2. The number of rotatable bonds is 3. The van der Waals surface area contributed by atoms with E-state index in [2.05, 4.69) is 9.84 Å². The molecule has 2 aromatic rings. The van der Waals surface area contributed by atoms with E-state index in [1.807, 2.05) is 31.5 Å². The second kappa shape index (κ2) is 5.50. The van der Waals surface area contributed by atoms with Gasteiger partial charge in [0, 0.05) is 23.9 Å². The van der Waals surface area contributed by atoms with Crippen LogP contribution in [0.25, 0.3) is 0 Å². The summed E-state index contributed by atoms with van der Waals surface area (Å²) in [5, 5.41) is 4.33. The van der Waals surface area contributed by atoms with Crippen molar-refractivity contribution < 1.29 is 22.3 Å². The summed E-state index contributed by atoms with van der Waals surface area (Å²) in [7, 11) is 0. The van der Waals surface area contributed by atoms with Crippen molar-refractivity contribution in [2.45, 2.75) is 50.9 Å². The van der Waals surface area contributed by atoms with Crippen LogP contribution in [0.1, 0.15) is 50.3 Å². The predicted octanol–water partition coefficient (Wildman–Crippen LogP) is 4.95. The molecule has 1 aliphatic carbocycles. The van der Waals surface area contributed by atoms with E-state index in [0.717, 1.165) is 24.2 Å². The molecule has 3 nitrogen and oxygen atoms in total. The maximum Gasteiger partial charge on any atom is 0.573 e. The molecule has 24 heavy (non-hydrogen) atoms. The molecule has 1 heterocycles. The third-order valence-corrected chi connectivity index (χ3v) is 4.08. The lowest BCUT2D eigenvalue weighted by molar-refractivity contribution is -0.274.